The second-order valence-corrected chi connectivity index (χ2v) is 6.23. The first-order chi connectivity index (χ1) is 12.7. The maximum Gasteiger partial charge on any atom is 0.338 e. The summed E-state index contributed by atoms with van der Waals surface area (Å²) in [5, 5.41) is 0. The molecule has 0 aliphatic rings. The lowest BCUT2D eigenvalue weighted by Gasteiger charge is -2.09. The summed E-state index contributed by atoms with van der Waals surface area (Å²) in [6, 6.07) is 5.70. The van der Waals surface area contributed by atoms with E-state index >= 15 is 0 Å². The number of benzene rings is 1. The maximum absolute atomic E-state index is 13.5. The van der Waals surface area contributed by atoms with Crippen LogP contribution >= 0.6 is 0 Å². The van der Waals surface area contributed by atoms with Gasteiger partial charge in [0, 0.05) is 23.5 Å². The predicted molar refractivity (Wildman–Crippen MR) is 96.3 cm³/mol. The van der Waals surface area contributed by atoms with Crippen molar-refractivity contribution in [1.82, 2.24) is 4.57 Å². The van der Waals surface area contributed by atoms with E-state index in [1.165, 1.54) is 19.2 Å². The summed E-state index contributed by atoms with van der Waals surface area (Å²) < 4.78 is 25.0. The smallest absolute Gasteiger partial charge is 0.338 e. The van der Waals surface area contributed by atoms with Crippen LogP contribution in [0.25, 0.3) is 0 Å². The molecule has 27 heavy (non-hydrogen) atoms. The fourth-order valence-electron chi connectivity index (χ4n) is 2.74. The van der Waals surface area contributed by atoms with Crippen LogP contribution in [-0.4, -0.2) is 36.0 Å². The molecule has 1 aromatic carbocycles. The molecule has 0 N–H and O–H groups in total. The first-order valence-electron chi connectivity index (χ1n) is 8.44. The van der Waals surface area contributed by atoms with Crippen LogP contribution in [0.3, 0.4) is 0 Å². The average Bonchev–Trinajstić information content (AvgIpc) is 2.93. The van der Waals surface area contributed by atoms with Crippen LogP contribution in [0.15, 0.2) is 24.3 Å². The number of aromatic nitrogens is 1. The topological polar surface area (TPSA) is 74.6 Å². The van der Waals surface area contributed by atoms with E-state index in [1.807, 2.05) is 11.5 Å². The molecule has 0 fully saturated rings. The highest BCUT2D eigenvalue weighted by atomic mass is 19.1. The van der Waals surface area contributed by atoms with E-state index in [4.69, 9.17) is 4.74 Å². The minimum Gasteiger partial charge on any atom is -0.469 e. The second kappa shape index (κ2) is 8.62. The molecule has 0 spiro atoms. The number of Topliss-reactive ketones (excluding diaryl/α,β-unsaturated/α-hetero) is 1. The Hall–Kier alpha value is -2.96. The molecular weight excluding hydrogens is 353 g/mol. The van der Waals surface area contributed by atoms with Crippen LogP contribution < -0.4 is 0 Å². The molecule has 2 rings (SSSR count). The van der Waals surface area contributed by atoms with E-state index in [-0.39, 0.29) is 23.7 Å². The van der Waals surface area contributed by atoms with Gasteiger partial charge in [0.05, 0.1) is 19.1 Å². The zero-order valence-electron chi connectivity index (χ0n) is 15.8. The Kier molecular flexibility index (Phi) is 6.50. The number of nitrogens with zero attached hydrogens (tertiary/aromatic N) is 1. The van der Waals surface area contributed by atoms with Gasteiger partial charge in [0.2, 0.25) is 5.78 Å². The molecule has 1 aromatic heterocycles. The van der Waals surface area contributed by atoms with Crippen LogP contribution in [0.1, 0.15) is 44.1 Å². The van der Waals surface area contributed by atoms with Gasteiger partial charge in [-0.05, 0) is 44.5 Å². The third-order valence-corrected chi connectivity index (χ3v) is 4.38. The molecule has 2 aromatic rings. The highest BCUT2D eigenvalue weighted by molar-refractivity contribution is 6.00. The van der Waals surface area contributed by atoms with Crippen molar-refractivity contribution in [3.05, 3.63) is 58.2 Å². The first kappa shape index (κ1) is 20.4. The van der Waals surface area contributed by atoms with Crippen molar-refractivity contribution in [2.75, 3.05) is 13.7 Å². The Labute approximate surface area is 156 Å². The van der Waals surface area contributed by atoms with Crippen LogP contribution in [0.5, 0.6) is 0 Å². The Morgan fingerprint density at radius 2 is 1.81 bits per heavy atom. The highest BCUT2D eigenvalue weighted by Crippen LogP contribution is 2.17. The van der Waals surface area contributed by atoms with Crippen LogP contribution in [0, 0.1) is 26.6 Å². The summed E-state index contributed by atoms with van der Waals surface area (Å²) in [4.78, 5) is 35.8. The number of hydrogen-bond donors (Lipinski definition) is 0. The number of hydrogen-bond acceptors (Lipinski definition) is 5. The van der Waals surface area contributed by atoms with Crippen LogP contribution in [0.4, 0.5) is 4.39 Å². The van der Waals surface area contributed by atoms with E-state index in [0.29, 0.717) is 23.4 Å². The van der Waals surface area contributed by atoms with Crippen LogP contribution in [0.2, 0.25) is 0 Å². The van der Waals surface area contributed by atoms with Crippen LogP contribution in [-0.2, 0) is 20.8 Å². The van der Waals surface area contributed by atoms with Crippen molar-refractivity contribution in [3.63, 3.8) is 0 Å². The fourth-order valence-corrected chi connectivity index (χ4v) is 2.74. The molecule has 1 heterocycles. The van der Waals surface area contributed by atoms with Gasteiger partial charge in [-0.15, -0.1) is 0 Å². The monoisotopic (exact) mass is 375 g/mol. The SMILES string of the molecule is COC(=O)CCn1c(C)cc(C(=O)COC(=O)c2ccc(C)c(F)c2)c1C. The molecule has 7 heteroatoms. The molecule has 0 bridgehead atoms. The first-order valence-corrected chi connectivity index (χ1v) is 8.44. The third-order valence-electron chi connectivity index (χ3n) is 4.38. The van der Waals surface area contributed by atoms with Crippen molar-refractivity contribution in [3.8, 4) is 0 Å². The summed E-state index contributed by atoms with van der Waals surface area (Å²) in [5.41, 5.74) is 2.38. The Balaban J connectivity index is 2.04. The van der Waals surface area contributed by atoms with Crippen molar-refractivity contribution in [2.45, 2.75) is 33.7 Å². The van der Waals surface area contributed by atoms with Crippen molar-refractivity contribution in [1.29, 1.82) is 0 Å². The van der Waals surface area contributed by atoms with E-state index in [9.17, 15) is 18.8 Å². The summed E-state index contributed by atoms with van der Waals surface area (Å²) in [6.45, 7) is 5.11. The molecular formula is C20H22FNO5. The number of aryl methyl sites for hydroxylation is 2. The predicted octanol–water partition coefficient (Wildman–Crippen LogP) is 3.16. The van der Waals surface area contributed by atoms with Gasteiger partial charge in [0.15, 0.2) is 6.61 Å². The van der Waals surface area contributed by atoms with Gasteiger partial charge in [0.25, 0.3) is 0 Å². The van der Waals surface area contributed by atoms with Gasteiger partial charge in [-0.3, -0.25) is 9.59 Å². The molecule has 0 aliphatic heterocycles. The summed E-state index contributed by atoms with van der Waals surface area (Å²) in [5.74, 6) is -1.98. The number of carbonyl (C=O) groups is 3. The van der Waals surface area contributed by atoms with Gasteiger partial charge in [-0.25, -0.2) is 9.18 Å². The molecule has 0 atom stereocenters. The third kappa shape index (κ3) is 4.81. The number of rotatable bonds is 7. The molecule has 0 saturated heterocycles. The summed E-state index contributed by atoms with van der Waals surface area (Å²) >= 11 is 0. The minimum atomic E-state index is -0.762. The van der Waals surface area contributed by atoms with Gasteiger partial charge in [-0.1, -0.05) is 6.07 Å². The van der Waals surface area contributed by atoms with E-state index in [0.717, 1.165) is 11.8 Å². The van der Waals surface area contributed by atoms with Gasteiger partial charge in [-0.2, -0.15) is 0 Å². The van der Waals surface area contributed by atoms with Crippen molar-refractivity contribution in [2.24, 2.45) is 0 Å². The molecule has 0 unspecified atom stereocenters. The second-order valence-electron chi connectivity index (χ2n) is 6.23. The normalized spacial score (nSPS) is 10.6. The lowest BCUT2D eigenvalue weighted by molar-refractivity contribution is -0.140. The number of methoxy groups -OCH3 is 1. The van der Waals surface area contributed by atoms with E-state index < -0.39 is 18.4 Å². The lowest BCUT2D eigenvalue weighted by Crippen LogP contribution is -2.15. The quantitative estimate of drug-likeness (QED) is 0.549. The Morgan fingerprint density at radius 3 is 2.44 bits per heavy atom. The average molecular weight is 375 g/mol. The van der Waals surface area contributed by atoms with Gasteiger partial charge >= 0.3 is 11.9 Å². The Morgan fingerprint density at radius 1 is 1.11 bits per heavy atom. The number of esters is 2. The molecule has 0 aliphatic carbocycles. The zero-order chi connectivity index (χ0) is 20.1. The molecule has 0 amide bonds. The minimum absolute atomic E-state index is 0.0504. The summed E-state index contributed by atoms with van der Waals surface area (Å²) in [7, 11) is 1.32. The molecule has 144 valence electrons. The fraction of sp³-hybridized carbons (Fsp3) is 0.350. The van der Waals surface area contributed by atoms with Crippen molar-refractivity contribution >= 4 is 17.7 Å². The largest absolute Gasteiger partial charge is 0.469 e. The zero-order valence-corrected chi connectivity index (χ0v) is 15.8. The van der Waals surface area contributed by atoms with E-state index in [1.54, 1.807) is 19.9 Å². The number of ketones is 1. The summed E-state index contributed by atoms with van der Waals surface area (Å²) in [6.07, 6.45) is 0.189. The number of ether oxygens (including phenoxy) is 2. The van der Waals surface area contributed by atoms with E-state index in [2.05, 4.69) is 4.74 Å². The maximum atomic E-state index is 13.5. The van der Waals surface area contributed by atoms with Gasteiger partial charge in [0.1, 0.15) is 5.82 Å². The standard InChI is InChI=1S/C20H22FNO5/c1-12-5-6-15(10-17(12)21)20(25)27-11-18(23)16-9-13(2)22(14(16)3)8-7-19(24)26-4/h5-6,9-10H,7-8,11H2,1-4H3. The Bertz CT molecular complexity index is 885. The number of halogens is 1. The molecule has 0 saturated carbocycles. The molecule has 0 radical (unpaired) electrons. The highest BCUT2D eigenvalue weighted by Gasteiger charge is 2.18. The van der Waals surface area contributed by atoms with Crippen molar-refractivity contribution < 1.29 is 28.2 Å². The molecule has 6 nitrogen and oxygen atoms in total. The lowest BCUT2D eigenvalue weighted by atomic mass is 10.1. The number of carbonyl (C=O) groups excluding carboxylic acids is 3. The van der Waals surface area contributed by atoms with Gasteiger partial charge < -0.3 is 14.0 Å².